The van der Waals surface area contributed by atoms with Crippen LogP contribution in [0.1, 0.15) is 43.0 Å². The van der Waals surface area contributed by atoms with Crippen molar-refractivity contribution in [1.29, 1.82) is 0 Å². The van der Waals surface area contributed by atoms with Crippen molar-refractivity contribution in [2.24, 2.45) is 0 Å². The molecule has 0 radical (unpaired) electrons. The zero-order valence-corrected chi connectivity index (χ0v) is 15.2. The van der Waals surface area contributed by atoms with Gasteiger partial charge in [-0.2, -0.15) is 0 Å². The SMILES string of the molecule is Cc1cccc(C(=O)Nc2cccc(C(=O)c3ccc(C)c(C)c3)c2)c1. The molecule has 0 aliphatic carbocycles. The van der Waals surface area contributed by atoms with E-state index in [2.05, 4.69) is 5.32 Å². The number of benzene rings is 3. The van der Waals surface area contributed by atoms with E-state index in [4.69, 9.17) is 0 Å². The highest BCUT2D eigenvalue weighted by atomic mass is 16.1. The molecular weight excluding hydrogens is 322 g/mol. The number of hydrogen-bond donors (Lipinski definition) is 1. The molecule has 0 saturated heterocycles. The van der Waals surface area contributed by atoms with Gasteiger partial charge in [0.1, 0.15) is 0 Å². The van der Waals surface area contributed by atoms with Gasteiger partial charge in [0, 0.05) is 22.4 Å². The zero-order chi connectivity index (χ0) is 18.7. The Kier molecular flexibility index (Phi) is 4.99. The number of hydrogen-bond acceptors (Lipinski definition) is 2. The molecule has 0 atom stereocenters. The van der Waals surface area contributed by atoms with Gasteiger partial charge in [0.05, 0.1) is 0 Å². The van der Waals surface area contributed by atoms with E-state index >= 15 is 0 Å². The maximum atomic E-state index is 12.7. The van der Waals surface area contributed by atoms with Crippen molar-refractivity contribution in [3.05, 3.63) is 100 Å². The summed E-state index contributed by atoms with van der Waals surface area (Å²) in [6.45, 7) is 5.95. The maximum absolute atomic E-state index is 12.7. The minimum atomic E-state index is -0.190. The van der Waals surface area contributed by atoms with E-state index in [0.717, 1.165) is 16.7 Å². The van der Waals surface area contributed by atoms with Crippen molar-refractivity contribution in [2.45, 2.75) is 20.8 Å². The number of ketones is 1. The van der Waals surface area contributed by atoms with E-state index < -0.39 is 0 Å². The molecule has 3 aromatic rings. The summed E-state index contributed by atoms with van der Waals surface area (Å²) in [7, 11) is 0. The van der Waals surface area contributed by atoms with Crippen LogP contribution in [0.3, 0.4) is 0 Å². The van der Waals surface area contributed by atoms with Gasteiger partial charge < -0.3 is 5.32 Å². The third-order valence-corrected chi connectivity index (χ3v) is 4.43. The second-order valence-corrected chi connectivity index (χ2v) is 6.53. The smallest absolute Gasteiger partial charge is 0.255 e. The van der Waals surface area contributed by atoms with E-state index in [-0.39, 0.29) is 11.7 Å². The van der Waals surface area contributed by atoms with E-state index in [9.17, 15) is 9.59 Å². The standard InChI is InChI=1S/C23H21NO2/c1-15-6-4-8-20(12-15)23(26)24-21-9-5-7-18(14-21)22(25)19-11-10-16(2)17(3)13-19/h4-14H,1-3H3,(H,24,26). The lowest BCUT2D eigenvalue weighted by molar-refractivity contribution is 0.102. The lowest BCUT2D eigenvalue weighted by Gasteiger charge is -2.09. The second-order valence-electron chi connectivity index (χ2n) is 6.53. The number of amides is 1. The van der Waals surface area contributed by atoms with Crippen LogP contribution >= 0.6 is 0 Å². The molecule has 0 heterocycles. The Labute approximate surface area is 153 Å². The summed E-state index contributed by atoms with van der Waals surface area (Å²) in [5.74, 6) is -0.246. The molecule has 0 aliphatic heterocycles. The Morgan fingerprint density at radius 1 is 0.692 bits per heavy atom. The van der Waals surface area contributed by atoms with Gasteiger partial charge >= 0.3 is 0 Å². The van der Waals surface area contributed by atoms with Crippen molar-refractivity contribution in [3.63, 3.8) is 0 Å². The Bertz CT molecular complexity index is 989. The molecule has 130 valence electrons. The Hall–Kier alpha value is -3.20. The monoisotopic (exact) mass is 343 g/mol. The third-order valence-electron chi connectivity index (χ3n) is 4.43. The number of carbonyl (C=O) groups excluding carboxylic acids is 2. The minimum absolute atomic E-state index is 0.0558. The van der Waals surface area contributed by atoms with Gasteiger partial charge in [0.15, 0.2) is 5.78 Å². The highest BCUT2D eigenvalue weighted by Crippen LogP contribution is 2.18. The Morgan fingerprint density at radius 2 is 1.38 bits per heavy atom. The van der Waals surface area contributed by atoms with Crippen molar-refractivity contribution in [1.82, 2.24) is 0 Å². The van der Waals surface area contributed by atoms with Gasteiger partial charge in [-0.3, -0.25) is 9.59 Å². The number of carbonyl (C=O) groups is 2. The topological polar surface area (TPSA) is 46.2 Å². The van der Waals surface area contributed by atoms with Gasteiger partial charge in [-0.25, -0.2) is 0 Å². The Balaban J connectivity index is 1.82. The second kappa shape index (κ2) is 7.36. The molecule has 0 fully saturated rings. The lowest BCUT2D eigenvalue weighted by Crippen LogP contribution is -2.12. The van der Waals surface area contributed by atoms with Crippen molar-refractivity contribution in [3.8, 4) is 0 Å². The fourth-order valence-electron chi connectivity index (χ4n) is 2.78. The fourth-order valence-corrected chi connectivity index (χ4v) is 2.78. The lowest BCUT2D eigenvalue weighted by atomic mass is 9.99. The predicted molar refractivity (Wildman–Crippen MR) is 105 cm³/mol. The van der Waals surface area contributed by atoms with Crippen LogP contribution in [0, 0.1) is 20.8 Å². The third kappa shape index (κ3) is 3.89. The van der Waals surface area contributed by atoms with Crippen LogP contribution in [0.25, 0.3) is 0 Å². The average Bonchev–Trinajstić information content (AvgIpc) is 2.63. The number of rotatable bonds is 4. The molecule has 3 heteroatoms. The van der Waals surface area contributed by atoms with Crippen LogP contribution in [0.2, 0.25) is 0 Å². The van der Waals surface area contributed by atoms with Gasteiger partial charge in [-0.15, -0.1) is 0 Å². The molecule has 0 saturated carbocycles. The molecular formula is C23H21NO2. The first-order chi connectivity index (χ1) is 12.4. The van der Waals surface area contributed by atoms with E-state index in [1.54, 1.807) is 30.3 Å². The van der Waals surface area contributed by atoms with Crippen LogP contribution < -0.4 is 5.32 Å². The van der Waals surface area contributed by atoms with Crippen LogP contribution in [-0.4, -0.2) is 11.7 Å². The van der Waals surface area contributed by atoms with Gasteiger partial charge in [-0.05, 0) is 62.2 Å². The molecule has 26 heavy (non-hydrogen) atoms. The fraction of sp³-hybridized carbons (Fsp3) is 0.130. The molecule has 3 nitrogen and oxygen atoms in total. The highest BCUT2D eigenvalue weighted by molar-refractivity contribution is 6.10. The van der Waals surface area contributed by atoms with E-state index in [1.807, 2.05) is 57.2 Å². The molecule has 0 aromatic heterocycles. The van der Waals surface area contributed by atoms with Crippen LogP contribution in [0.4, 0.5) is 5.69 Å². The average molecular weight is 343 g/mol. The maximum Gasteiger partial charge on any atom is 0.255 e. The molecule has 1 N–H and O–H groups in total. The summed E-state index contributed by atoms with van der Waals surface area (Å²) in [5, 5.41) is 2.86. The minimum Gasteiger partial charge on any atom is -0.322 e. The molecule has 0 aliphatic rings. The molecule has 0 unspecified atom stereocenters. The number of anilines is 1. The number of aryl methyl sites for hydroxylation is 3. The van der Waals surface area contributed by atoms with Crippen LogP contribution in [0.5, 0.6) is 0 Å². The summed E-state index contributed by atoms with van der Waals surface area (Å²) in [6.07, 6.45) is 0. The molecule has 3 aromatic carbocycles. The van der Waals surface area contributed by atoms with Gasteiger partial charge in [0.2, 0.25) is 0 Å². The first-order valence-electron chi connectivity index (χ1n) is 8.54. The molecule has 3 rings (SSSR count). The summed E-state index contributed by atoms with van der Waals surface area (Å²) in [5.41, 5.74) is 5.66. The van der Waals surface area contributed by atoms with Gasteiger partial charge in [0.25, 0.3) is 5.91 Å². The highest BCUT2D eigenvalue weighted by Gasteiger charge is 2.12. The number of nitrogens with one attached hydrogen (secondary N) is 1. The zero-order valence-electron chi connectivity index (χ0n) is 15.2. The Morgan fingerprint density at radius 3 is 2.12 bits per heavy atom. The first kappa shape index (κ1) is 17.6. The van der Waals surface area contributed by atoms with Gasteiger partial charge in [-0.1, -0.05) is 42.0 Å². The summed E-state index contributed by atoms with van der Waals surface area (Å²) >= 11 is 0. The normalized spacial score (nSPS) is 10.4. The van der Waals surface area contributed by atoms with E-state index in [1.165, 1.54) is 0 Å². The first-order valence-corrected chi connectivity index (χ1v) is 8.54. The summed E-state index contributed by atoms with van der Waals surface area (Å²) in [6, 6.07) is 20.1. The molecule has 1 amide bonds. The van der Waals surface area contributed by atoms with Crippen LogP contribution in [-0.2, 0) is 0 Å². The van der Waals surface area contributed by atoms with E-state index in [0.29, 0.717) is 22.4 Å². The molecule has 0 spiro atoms. The van der Waals surface area contributed by atoms with Crippen molar-refractivity contribution >= 4 is 17.4 Å². The predicted octanol–water partition coefficient (Wildman–Crippen LogP) is 5.10. The quantitative estimate of drug-likeness (QED) is 0.670. The van der Waals surface area contributed by atoms with Crippen molar-refractivity contribution in [2.75, 3.05) is 5.32 Å². The molecule has 0 bridgehead atoms. The largest absolute Gasteiger partial charge is 0.322 e. The van der Waals surface area contributed by atoms with Crippen molar-refractivity contribution < 1.29 is 9.59 Å². The summed E-state index contributed by atoms with van der Waals surface area (Å²) < 4.78 is 0. The summed E-state index contributed by atoms with van der Waals surface area (Å²) in [4.78, 5) is 25.2. The van der Waals surface area contributed by atoms with Crippen LogP contribution in [0.15, 0.2) is 66.7 Å².